The molecule has 160 valence electrons. The number of rotatable bonds is 6. The summed E-state index contributed by atoms with van der Waals surface area (Å²) in [6.45, 7) is 3.17. The first-order chi connectivity index (χ1) is 13.9. The van der Waals surface area contributed by atoms with Gasteiger partial charge in [-0.05, 0) is 43.6 Å². The van der Waals surface area contributed by atoms with E-state index in [-0.39, 0.29) is 29.4 Å². The Morgan fingerprint density at radius 2 is 1.76 bits per heavy atom. The molecule has 1 aliphatic carbocycles. The van der Waals surface area contributed by atoms with Gasteiger partial charge in [0.05, 0.1) is 11.5 Å². The Morgan fingerprint density at radius 3 is 2.38 bits per heavy atom. The zero-order valence-electron chi connectivity index (χ0n) is 17.3. The number of nitrogens with one attached hydrogen (secondary N) is 1. The summed E-state index contributed by atoms with van der Waals surface area (Å²) in [6.07, 6.45) is 8.15. The third-order valence-electron chi connectivity index (χ3n) is 7.23. The standard InChI is InChI=1S/C23H34N2O3S/c26-22(16-19-10-15-29(27,28)17-19)24-21-8-13-25(14-9-21)18-23(11-4-5-12-23)20-6-2-1-3-7-20/h1-3,6-7,19,21H,4-5,8-18H2,(H,24,26). The summed E-state index contributed by atoms with van der Waals surface area (Å²) < 4.78 is 23.2. The van der Waals surface area contributed by atoms with Gasteiger partial charge in [0.25, 0.3) is 0 Å². The summed E-state index contributed by atoms with van der Waals surface area (Å²) in [7, 11) is -2.91. The molecule has 6 heteroatoms. The first-order valence-electron chi connectivity index (χ1n) is 11.2. The van der Waals surface area contributed by atoms with Crippen molar-refractivity contribution in [2.24, 2.45) is 5.92 Å². The largest absolute Gasteiger partial charge is 0.353 e. The zero-order chi connectivity index (χ0) is 20.3. The smallest absolute Gasteiger partial charge is 0.220 e. The van der Waals surface area contributed by atoms with Crippen molar-refractivity contribution in [3.8, 4) is 0 Å². The number of hydrogen-bond acceptors (Lipinski definition) is 4. The van der Waals surface area contributed by atoms with Crippen molar-refractivity contribution in [3.63, 3.8) is 0 Å². The maximum Gasteiger partial charge on any atom is 0.220 e. The highest BCUT2D eigenvalue weighted by Crippen LogP contribution is 2.42. The maximum atomic E-state index is 12.4. The molecular weight excluding hydrogens is 384 g/mol. The summed E-state index contributed by atoms with van der Waals surface area (Å²) in [4.78, 5) is 14.9. The number of hydrogen-bond donors (Lipinski definition) is 1. The first-order valence-corrected chi connectivity index (χ1v) is 13.0. The molecule has 1 N–H and O–H groups in total. The van der Waals surface area contributed by atoms with Crippen molar-refractivity contribution in [1.29, 1.82) is 0 Å². The van der Waals surface area contributed by atoms with Crippen molar-refractivity contribution in [3.05, 3.63) is 35.9 Å². The first kappa shape index (κ1) is 20.9. The fourth-order valence-electron chi connectivity index (χ4n) is 5.63. The molecule has 2 heterocycles. The summed E-state index contributed by atoms with van der Waals surface area (Å²) in [6, 6.07) is 11.2. The van der Waals surface area contributed by atoms with Crippen LogP contribution >= 0.6 is 0 Å². The van der Waals surface area contributed by atoms with Crippen LogP contribution in [0.3, 0.4) is 0 Å². The minimum Gasteiger partial charge on any atom is -0.353 e. The molecule has 1 atom stereocenters. The summed E-state index contributed by atoms with van der Waals surface area (Å²) in [5.74, 6) is 0.461. The van der Waals surface area contributed by atoms with Crippen LogP contribution in [0.4, 0.5) is 0 Å². The van der Waals surface area contributed by atoms with Crippen LogP contribution in [0, 0.1) is 5.92 Å². The quantitative estimate of drug-likeness (QED) is 0.771. The zero-order valence-corrected chi connectivity index (χ0v) is 18.1. The topological polar surface area (TPSA) is 66.5 Å². The van der Waals surface area contributed by atoms with Crippen LogP contribution in [-0.2, 0) is 20.0 Å². The predicted octanol–water partition coefficient (Wildman–Crippen LogP) is 2.90. The number of likely N-dealkylation sites (tertiary alicyclic amines) is 1. The van der Waals surface area contributed by atoms with Gasteiger partial charge in [-0.15, -0.1) is 0 Å². The Hall–Kier alpha value is -1.40. The molecule has 4 rings (SSSR count). The van der Waals surface area contributed by atoms with Gasteiger partial charge in [0.2, 0.25) is 5.91 Å². The second kappa shape index (κ2) is 8.76. The number of sulfone groups is 1. The van der Waals surface area contributed by atoms with Crippen LogP contribution in [0.15, 0.2) is 30.3 Å². The number of carbonyl (C=O) groups excluding carboxylic acids is 1. The normalized spacial score (nSPS) is 27.1. The van der Waals surface area contributed by atoms with Crippen LogP contribution in [0.2, 0.25) is 0 Å². The lowest BCUT2D eigenvalue weighted by atomic mass is 9.78. The Bertz CT molecular complexity index is 795. The van der Waals surface area contributed by atoms with Gasteiger partial charge in [0.15, 0.2) is 9.84 Å². The monoisotopic (exact) mass is 418 g/mol. The van der Waals surface area contributed by atoms with E-state index in [2.05, 4.69) is 40.5 Å². The van der Waals surface area contributed by atoms with E-state index in [9.17, 15) is 13.2 Å². The van der Waals surface area contributed by atoms with Gasteiger partial charge in [-0.25, -0.2) is 8.42 Å². The van der Waals surface area contributed by atoms with Crippen LogP contribution in [-0.4, -0.2) is 56.4 Å². The number of nitrogens with zero attached hydrogens (tertiary/aromatic N) is 1. The Kier molecular flexibility index (Phi) is 6.30. The molecule has 29 heavy (non-hydrogen) atoms. The van der Waals surface area contributed by atoms with E-state index in [1.807, 2.05) is 0 Å². The maximum absolute atomic E-state index is 12.4. The van der Waals surface area contributed by atoms with Gasteiger partial charge in [0.1, 0.15) is 0 Å². The Morgan fingerprint density at radius 1 is 1.07 bits per heavy atom. The minimum atomic E-state index is -2.91. The molecule has 0 radical (unpaired) electrons. The second-order valence-corrected chi connectivity index (χ2v) is 11.7. The molecule has 1 amide bonds. The van der Waals surface area contributed by atoms with E-state index in [1.165, 1.54) is 31.2 Å². The average Bonchev–Trinajstić information content (AvgIpc) is 3.31. The summed E-state index contributed by atoms with van der Waals surface area (Å²) in [5, 5.41) is 3.17. The Balaban J connectivity index is 1.25. The van der Waals surface area contributed by atoms with Crippen molar-refractivity contribution >= 4 is 15.7 Å². The van der Waals surface area contributed by atoms with Gasteiger partial charge in [-0.2, -0.15) is 0 Å². The third kappa shape index (κ3) is 5.21. The van der Waals surface area contributed by atoms with Crippen LogP contribution < -0.4 is 5.32 Å². The van der Waals surface area contributed by atoms with E-state index >= 15 is 0 Å². The van der Waals surface area contributed by atoms with E-state index in [1.54, 1.807) is 0 Å². The molecule has 3 aliphatic rings. The molecule has 0 spiro atoms. The molecule has 0 bridgehead atoms. The number of benzene rings is 1. The molecule has 1 aromatic carbocycles. The molecular formula is C23H34N2O3S. The number of carbonyl (C=O) groups is 1. The molecule has 5 nitrogen and oxygen atoms in total. The second-order valence-electron chi connectivity index (χ2n) is 9.44. The molecule has 2 aliphatic heterocycles. The highest BCUT2D eigenvalue weighted by molar-refractivity contribution is 7.91. The number of piperidine rings is 1. The highest BCUT2D eigenvalue weighted by Gasteiger charge is 2.38. The SMILES string of the molecule is O=C(CC1CCS(=O)(=O)C1)NC1CCN(CC2(c3ccccc3)CCCC2)CC1. The van der Waals surface area contributed by atoms with Crippen LogP contribution in [0.5, 0.6) is 0 Å². The predicted molar refractivity (Wildman–Crippen MR) is 116 cm³/mol. The van der Waals surface area contributed by atoms with Crippen LogP contribution in [0.25, 0.3) is 0 Å². The summed E-state index contributed by atoms with van der Waals surface area (Å²) >= 11 is 0. The molecule has 2 saturated heterocycles. The van der Waals surface area contributed by atoms with E-state index in [4.69, 9.17) is 0 Å². The van der Waals surface area contributed by atoms with Crippen LogP contribution in [0.1, 0.15) is 56.9 Å². The molecule has 1 unspecified atom stereocenters. The van der Waals surface area contributed by atoms with Gasteiger partial charge >= 0.3 is 0 Å². The fourth-order valence-corrected chi connectivity index (χ4v) is 7.49. The van der Waals surface area contributed by atoms with Gasteiger partial charge in [0, 0.05) is 37.5 Å². The van der Waals surface area contributed by atoms with Crippen molar-refractivity contribution in [2.45, 2.75) is 62.8 Å². The van der Waals surface area contributed by atoms with Gasteiger partial charge < -0.3 is 10.2 Å². The molecule has 0 aromatic heterocycles. The van der Waals surface area contributed by atoms with Gasteiger partial charge in [-0.3, -0.25) is 4.79 Å². The molecule has 1 saturated carbocycles. The van der Waals surface area contributed by atoms with E-state index in [0.29, 0.717) is 18.3 Å². The minimum absolute atomic E-state index is 0.00758. The lowest BCUT2D eigenvalue weighted by Gasteiger charge is -2.39. The lowest BCUT2D eigenvalue weighted by Crippen LogP contribution is -2.48. The van der Waals surface area contributed by atoms with Gasteiger partial charge in [-0.1, -0.05) is 43.2 Å². The van der Waals surface area contributed by atoms with Crippen molar-refractivity contribution in [2.75, 3.05) is 31.1 Å². The average molecular weight is 419 g/mol. The van der Waals surface area contributed by atoms with Crippen molar-refractivity contribution in [1.82, 2.24) is 10.2 Å². The molecule has 1 aromatic rings. The molecule has 3 fully saturated rings. The van der Waals surface area contributed by atoms with E-state index in [0.717, 1.165) is 32.5 Å². The van der Waals surface area contributed by atoms with E-state index < -0.39 is 9.84 Å². The Labute approximate surface area is 175 Å². The van der Waals surface area contributed by atoms with Crippen molar-refractivity contribution < 1.29 is 13.2 Å². The lowest BCUT2D eigenvalue weighted by molar-refractivity contribution is -0.122. The number of amides is 1. The third-order valence-corrected chi connectivity index (χ3v) is 9.06. The fraction of sp³-hybridized carbons (Fsp3) is 0.696. The summed E-state index contributed by atoms with van der Waals surface area (Å²) in [5.41, 5.74) is 1.78. The highest BCUT2D eigenvalue weighted by atomic mass is 32.2.